The Labute approximate surface area is 83.1 Å². The Morgan fingerprint density at radius 1 is 1.21 bits per heavy atom. The Bertz CT molecular complexity index is 208. The first-order valence-corrected chi connectivity index (χ1v) is 5.49. The number of phosphoric acid groups is 1. The molecule has 0 bridgehead atoms. The van der Waals surface area contributed by atoms with Crippen molar-refractivity contribution in [3.63, 3.8) is 0 Å². The zero-order valence-corrected chi connectivity index (χ0v) is 9.41. The second kappa shape index (κ2) is 6.95. The Balaban J connectivity index is 3.53. The van der Waals surface area contributed by atoms with E-state index in [0.717, 1.165) is 0 Å². The molecule has 0 N–H and O–H groups in total. The molecule has 0 saturated heterocycles. The summed E-state index contributed by atoms with van der Waals surface area (Å²) in [4.78, 5) is 10.3. The van der Waals surface area contributed by atoms with Crippen LogP contribution in [0.1, 0.15) is 13.3 Å². The van der Waals surface area contributed by atoms with Gasteiger partial charge in [0.15, 0.2) is 0 Å². The van der Waals surface area contributed by atoms with E-state index >= 15 is 0 Å². The third-order valence-corrected chi connectivity index (χ3v) is 2.68. The van der Waals surface area contributed by atoms with E-state index in [2.05, 4.69) is 13.8 Å². The maximum absolute atomic E-state index is 11.3. The van der Waals surface area contributed by atoms with Crippen molar-refractivity contribution < 1.29 is 27.7 Å². The van der Waals surface area contributed by atoms with E-state index in [1.807, 2.05) is 0 Å². The number of carbonyl (C=O) groups is 1. The minimum atomic E-state index is -3.39. The summed E-state index contributed by atoms with van der Waals surface area (Å²) in [5, 5.41) is 0. The summed E-state index contributed by atoms with van der Waals surface area (Å²) in [6.07, 6.45) is 0.441. The number of carbonyl (C=O) groups excluding carboxylic acids is 1. The Hall–Kier alpha value is -0.420. The van der Waals surface area contributed by atoms with Gasteiger partial charge in [0.25, 0.3) is 0 Å². The zero-order chi connectivity index (χ0) is 11.0. The Morgan fingerprint density at radius 2 is 1.79 bits per heavy atom. The van der Waals surface area contributed by atoms with Gasteiger partial charge in [-0.15, -0.1) is 0 Å². The van der Waals surface area contributed by atoms with Gasteiger partial charge in [0, 0.05) is 27.6 Å². The molecule has 0 radical (unpaired) electrons. The molecule has 0 amide bonds. The molecule has 0 aliphatic rings. The largest absolute Gasteiger partial charge is 0.474 e. The minimum absolute atomic E-state index is 0.145. The van der Waals surface area contributed by atoms with Crippen LogP contribution in [0.25, 0.3) is 0 Å². The summed E-state index contributed by atoms with van der Waals surface area (Å²) >= 11 is 0. The van der Waals surface area contributed by atoms with Crippen LogP contribution < -0.4 is 0 Å². The maximum atomic E-state index is 11.3. The molecule has 0 aliphatic carbocycles. The van der Waals surface area contributed by atoms with Crippen molar-refractivity contribution in [2.45, 2.75) is 13.3 Å². The topological polar surface area (TPSA) is 71.1 Å². The summed E-state index contributed by atoms with van der Waals surface area (Å²) in [5.41, 5.74) is 0. The van der Waals surface area contributed by atoms with E-state index in [-0.39, 0.29) is 19.2 Å². The summed E-state index contributed by atoms with van der Waals surface area (Å²) in [6.45, 7) is 1.69. The van der Waals surface area contributed by atoms with Crippen molar-refractivity contribution in [3.8, 4) is 0 Å². The first-order chi connectivity index (χ1) is 6.54. The van der Waals surface area contributed by atoms with Gasteiger partial charge in [0.05, 0.1) is 13.2 Å². The smallest absolute Gasteiger partial charge is 0.466 e. The lowest BCUT2D eigenvalue weighted by atomic mass is 10.5. The molecule has 0 rings (SSSR count). The first-order valence-electron chi connectivity index (χ1n) is 4.03. The predicted molar refractivity (Wildman–Crippen MR) is 48.8 cm³/mol. The first kappa shape index (κ1) is 13.6. The molecule has 0 aromatic carbocycles. The van der Waals surface area contributed by atoms with Gasteiger partial charge in [-0.2, -0.15) is 0 Å². The molecular formula is C7H15O6P. The molecule has 0 spiro atoms. The molecule has 6 nitrogen and oxygen atoms in total. The number of phosphoric ester groups is 1. The quantitative estimate of drug-likeness (QED) is 0.371. The fourth-order valence-corrected chi connectivity index (χ4v) is 1.34. The predicted octanol–water partition coefficient (Wildman–Crippen LogP) is 1.36. The van der Waals surface area contributed by atoms with E-state index < -0.39 is 7.82 Å². The molecule has 0 saturated carbocycles. The van der Waals surface area contributed by atoms with Gasteiger partial charge < -0.3 is 4.74 Å². The SMILES string of the molecule is COP(=O)(OC)OCCCOC(C)=O. The third kappa shape index (κ3) is 6.10. The fraction of sp³-hybridized carbons (Fsp3) is 0.857. The highest BCUT2D eigenvalue weighted by atomic mass is 31.2. The van der Waals surface area contributed by atoms with Crippen LogP contribution >= 0.6 is 7.82 Å². The van der Waals surface area contributed by atoms with Crippen LogP contribution in [0.15, 0.2) is 0 Å². The van der Waals surface area contributed by atoms with E-state index in [4.69, 9.17) is 4.52 Å². The summed E-state index contributed by atoms with van der Waals surface area (Å²) < 4.78 is 29.8. The summed E-state index contributed by atoms with van der Waals surface area (Å²) in [6, 6.07) is 0. The van der Waals surface area contributed by atoms with E-state index in [1.54, 1.807) is 0 Å². The van der Waals surface area contributed by atoms with Crippen molar-refractivity contribution in [2.24, 2.45) is 0 Å². The molecule has 0 atom stereocenters. The van der Waals surface area contributed by atoms with Gasteiger partial charge in [0.2, 0.25) is 0 Å². The van der Waals surface area contributed by atoms with Crippen LogP contribution in [0.2, 0.25) is 0 Å². The number of rotatable bonds is 7. The normalized spacial score (nSPS) is 11.4. The molecular weight excluding hydrogens is 211 g/mol. The van der Waals surface area contributed by atoms with Crippen LogP contribution in [0, 0.1) is 0 Å². The van der Waals surface area contributed by atoms with E-state index in [0.29, 0.717) is 6.42 Å². The summed E-state index contributed by atoms with van der Waals surface area (Å²) in [5.74, 6) is -0.355. The van der Waals surface area contributed by atoms with Gasteiger partial charge >= 0.3 is 13.8 Å². The van der Waals surface area contributed by atoms with Crippen LogP contribution in [-0.2, 0) is 27.7 Å². The molecule has 0 unspecified atom stereocenters. The number of esters is 1. The van der Waals surface area contributed by atoms with Crippen molar-refractivity contribution in [1.82, 2.24) is 0 Å². The number of hydrogen-bond acceptors (Lipinski definition) is 6. The van der Waals surface area contributed by atoms with E-state index in [9.17, 15) is 9.36 Å². The Kier molecular flexibility index (Phi) is 6.74. The van der Waals surface area contributed by atoms with Crippen molar-refractivity contribution in [2.75, 3.05) is 27.4 Å². The zero-order valence-electron chi connectivity index (χ0n) is 8.52. The lowest BCUT2D eigenvalue weighted by Gasteiger charge is -2.12. The third-order valence-electron chi connectivity index (χ3n) is 1.29. The number of hydrogen-bond donors (Lipinski definition) is 0. The second-order valence-corrected chi connectivity index (χ2v) is 4.22. The lowest BCUT2D eigenvalue weighted by molar-refractivity contribution is -0.141. The second-order valence-electron chi connectivity index (χ2n) is 2.34. The maximum Gasteiger partial charge on any atom is 0.474 e. The van der Waals surface area contributed by atoms with Crippen LogP contribution in [0.5, 0.6) is 0 Å². The monoisotopic (exact) mass is 226 g/mol. The standard InChI is InChI=1S/C7H15O6P/c1-7(8)12-5-4-6-13-14(9,10-2)11-3/h4-6H2,1-3H3. The molecule has 14 heavy (non-hydrogen) atoms. The van der Waals surface area contributed by atoms with Gasteiger partial charge in [-0.3, -0.25) is 18.4 Å². The minimum Gasteiger partial charge on any atom is -0.466 e. The highest BCUT2D eigenvalue weighted by molar-refractivity contribution is 7.48. The van der Waals surface area contributed by atoms with Gasteiger partial charge in [-0.1, -0.05) is 0 Å². The molecule has 0 aromatic heterocycles. The highest BCUT2D eigenvalue weighted by Crippen LogP contribution is 2.47. The van der Waals surface area contributed by atoms with Gasteiger partial charge in [-0.25, -0.2) is 4.57 Å². The molecule has 0 heterocycles. The number of ether oxygens (including phenoxy) is 1. The molecule has 84 valence electrons. The average molecular weight is 226 g/mol. The average Bonchev–Trinajstić information content (AvgIpc) is 2.16. The van der Waals surface area contributed by atoms with Crippen molar-refractivity contribution >= 4 is 13.8 Å². The van der Waals surface area contributed by atoms with Crippen LogP contribution in [0.4, 0.5) is 0 Å². The van der Waals surface area contributed by atoms with Crippen LogP contribution in [-0.4, -0.2) is 33.4 Å². The fourth-order valence-electron chi connectivity index (χ4n) is 0.631. The van der Waals surface area contributed by atoms with E-state index in [1.165, 1.54) is 21.1 Å². The molecule has 0 aliphatic heterocycles. The molecule has 7 heteroatoms. The molecule has 0 fully saturated rings. The van der Waals surface area contributed by atoms with Crippen LogP contribution in [0.3, 0.4) is 0 Å². The highest BCUT2D eigenvalue weighted by Gasteiger charge is 2.21. The lowest BCUT2D eigenvalue weighted by Crippen LogP contribution is -2.04. The molecule has 0 aromatic rings. The Morgan fingerprint density at radius 3 is 2.21 bits per heavy atom. The van der Waals surface area contributed by atoms with Crippen molar-refractivity contribution in [1.29, 1.82) is 0 Å². The van der Waals surface area contributed by atoms with Gasteiger partial charge in [0.1, 0.15) is 0 Å². The van der Waals surface area contributed by atoms with Gasteiger partial charge in [-0.05, 0) is 0 Å². The summed E-state index contributed by atoms with van der Waals surface area (Å²) in [7, 11) is -0.921. The van der Waals surface area contributed by atoms with Crippen molar-refractivity contribution in [3.05, 3.63) is 0 Å².